The molecule has 0 aliphatic heterocycles. The number of hydrogen-bond donors (Lipinski definition) is 2. The van der Waals surface area contributed by atoms with Gasteiger partial charge in [0.2, 0.25) is 11.9 Å². The number of nitrogen functional groups attached to an aromatic ring is 1. The molecular weight excluding hydrogens is 405 g/mol. The van der Waals surface area contributed by atoms with E-state index in [0.717, 1.165) is 12.2 Å². The number of thioether (sulfide) groups is 1. The van der Waals surface area contributed by atoms with E-state index in [1.807, 2.05) is 18.2 Å². The Morgan fingerprint density at radius 2 is 1.89 bits per heavy atom. The van der Waals surface area contributed by atoms with Crippen LogP contribution in [0.4, 0.5) is 11.6 Å². The molecule has 1 aromatic heterocycles. The molecule has 0 aliphatic carbocycles. The van der Waals surface area contributed by atoms with Crippen LogP contribution in [0.1, 0.15) is 5.56 Å². The van der Waals surface area contributed by atoms with E-state index in [-0.39, 0.29) is 18.4 Å². The SMILES string of the molecule is Nc1nnc(SCCc2ccccc2)n1CC(=O)Nc1ccc(Cl)c(Cl)c1. The van der Waals surface area contributed by atoms with Gasteiger partial charge < -0.3 is 11.1 Å². The summed E-state index contributed by atoms with van der Waals surface area (Å²) in [5.41, 5.74) is 7.66. The van der Waals surface area contributed by atoms with Gasteiger partial charge in [0.25, 0.3) is 0 Å². The first-order chi connectivity index (χ1) is 13.0. The number of carbonyl (C=O) groups is 1. The number of amides is 1. The van der Waals surface area contributed by atoms with E-state index in [2.05, 4.69) is 27.6 Å². The first kappa shape index (κ1) is 19.5. The van der Waals surface area contributed by atoms with E-state index >= 15 is 0 Å². The molecule has 6 nitrogen and oxygen atoms in total. The molecule has 0 spiro atoms. The first-order valence-corrected chi connectivity index (χ1v) is 9.87. The van der Waals surface area contributed by atoms with E-state index in [9.17, 15) is 4.79 Å². The minimum atomic E-state index is -0.259. The third-order valence-corrected chi connectivity index (χ3v) is 5.42. The van der Waals surface area contributed by atoms with Crippen molar-refractivity contribution >= 4 is 52.5 Å². The molecule has 1 heterocycles. The van der Waals surface area contributed by atoms with Crippen LogP contribution in [0, 0.1) is 0 Å². The van der Waals surface area contributed by atoms with Crippen molar-refractivity contribution in [1.82, 2.24) is 14.8 Å². The minimum absolute atomic E-state index is 0.00670. The lowest BCUT2D eigenvalue weighted by molar-refractivity contribution is -0.116. The van der Waals surface area contributed by atoms with Crippen LogP contribution >= 0.6 is 35.0 Å². The van der Waals surface area contributed by atoms with Crippen molar-refractivity contribution in [2.75, 3.05) is 16.8 Å². The van der Waals surface area contributed by atoms with Gasteiger partial charge in [0.1, 0.15) is 6.54 Å². The van der Waals surface area contributed by atoms with Crippen LogP contribution in [0.2, 0.25) is 10.0 Å². The fraction of sp³-hybridized carbons (Fsp3) is 0.167. The monoisotopic (exact) mass is 421 g/mol. The van der Waals surface area contributed by atoms with Gasteiger partial charge in [0.05, 0.1) is 10.0 Å². The van der Waals surface area contributed by atoms with Crippen molar-refractivity contribution in [3.05, 3.63) is 64.1 Å². The predicted molar refractivity (Wildman–Crippen MR) is 110 cm³/mol. The summed E-state index contributed by atoms with van der Waals surface area (Å²) < 4.78 is 1.59. The topological polar surface area (TPSA) is 85.8 Å². The van der Waals surface area contributed by atoms with Crippen molar-refractivity contribution in [3.63, 3.8) is 0 Å². The van der Waals surface area contributed by atoms with E-state index in [1.165, 1.54) is 17.3 Å². The Labute approximate surface area is 171 Å². The summed E-state index contributed by atoms with van der Waals surface area (Å²) in [7, 11) is 0. The second-order valence-corrected chi connectivity index (χ2v) is 7.56. The minimum Gasteiger partial charge on any atom is -0.368 e. The van der Waals surface area contributed by atoms with Crippen molar-refractivity contribution in [2.45, 2.75) is 18.1 Å². The normalized spacial score (nSPS) is 10.7. The molecule has 0 saturated carbocycles. The van der Waals surface area contributed by atoms with E-state index < -0.39 is 0 Å². The Balaban J connectivity index is 1.60. The van der Waals surface area contributed by atoms with Gasteiger partial charge in [0, 0.05) is 11.4 Å². The number of aryl methyl sites for hydroxylation is 1. The Hall–Kier alpha value is -2.22. The average Bonchev–Trinajstić information content (AvgIpc) is 2.99. The van der Waals surface area contributed by atoms with Crippen LogP contribution in [0.5, 0.6) is 0 Å². The zero-order valence-corrected chi connectivity index (χ0v) is 16.6. The molecule has 140 valence electrons. The molecule has 0 saturated heterocycles. The van der Waals surface area contributed by atoms with Gasteiger partial charge in [-0.1, -0.05) is 65.3 Å². The van der Waals surface area contributed by atoms with Gasteiger partial charge in [-0.2, -0.15) is 0 Å². The zero-order valence-electron chi connectivity index (χ0n) is 14.2. The van der Waals surface area contributed by atoms with Crippen molar-refractivity contribution in [3.8, 4) is 0 Å². The van der Waals surface area contributed by atoms with Crippen LogP contribution in [-0.2, 0) is 17.8 Å². The molecule has 0 unspecified atom stereocenters. The fourth-order valence-corrected chi connectivity index (χ4v) is 3.61. The molecule has 0 aliphatic rings. The van der Waals surface area contributed by atoms with Crippen LogP contribution in [0.15, 0.2) is 53.7 Å². The summed E-state index contributed by atoms with van der Waals surface area (Å²) in [6.45, 7) is 0.00670. The lowest BCUT2D eigenvalue weighted by Gasteiger charge is -2.09. The number of carbonyl (C=O) groups excluding carboxylic acids is 1. The summed E-state index contributed by atoms with van der Waals surface area (Å²) in [4.78, 5) is 12.3. The van der Waals surface area contributed by atoms with E-state index in [0.29, 0.717) is 20.9 Å². The van der Waals surface area contributed by atoms with Crippen molar-refractivity contribution < 1.29 is 4.79 Å². The summed E-state index contributed by atoms with van der Waals surface area (Å²) >= 11 is 13.4. The maximum Gasteiger partial charge on any atom is 0.244 e. The molecule has 0 bridgehead atoms. The highest BCUT2D eigenvalue weighted by Crippen LogP contribution is 2.25. The largest absolute Gasteiger partial charge is 0.368 e. The number of benzene rings is 2. The summed E-state index contributed by atoms with van der Waals surface area (Å²) in [6, 6.07) is 15.0. The number of rotatable bonds is 7. The lowest BCUT2D eigenvalue weighted by Crippen LogP contribution is -2.20. The lowest BCUT2D eigenvalue weighted by atomic mass is 10.2. The molecule has 2 aromatic carbocycles. The molecule has 3 N–H and O–H groups in total. The van der Waals surface area contributed by atoms with Gasteiger partial charge >= 0.3 is 0 Å². The first-order valence-electron chi connectivity index (χ1n) is 8.13. The van der Waals surface area contributed by atoms with Crippen LogP contribution in [0.25, 0.3) is 0 Å². The molecular formula is C18H17Cl2N5OS. The Morgan fingerprint density at radius 1 is 1.11 bits per heavy atom. The Morgan fingerprint density at radius 3 is 2.63 bits per heavy atom. The zero-order chi connectivity index (χ0) is 19.2. The van der Waals surface area contributed by atoms with Crippen LogP contribution in [0.3, 0.4) is 0 Å². The quantitative estimate of drug-likeness (QED) is 0.559. The number of nitrogens with one attached hydrogen (secondary N) is 1. The summed E-state index contributed by atoms with van der Waals surface area (Å²) in [6.07, 6.45) is 0.883. The number of anilines is 2. The molecule has 1 amide bonds. The van der Waals surface area contributed by atoms with Gasteiger partial charge in [0.15, 0.2) is 5.16 Å². The molecule has 0 radical (unpaired) electrons. The van der Waals surface area contributed by atoms with Gasteiger partial charge in [-0.25, -0.2) is 0 Å². The van der Waals surface area contributed by atoms with Crippen LogP contribution < -0.4 is 11.1 Å². The number of aromatic nitrogens is 3. The maximum absolute atomic E-state index is 12.3. The van der Waals surface area contributed by atoms with E-state index in [1.54, 1.807) is 22.8 Å². The van der Waals surface area contributed by atoms with Crippen LogP contribution in [-0.4, -0.2) is 26.4 Å². The summed E-state index contributed by atoms with van der Waals surface area (Å²) in [5.74, 6) is 0.739. The smallest absolute Gasteiger partial charge is 0.244 e. The highest BCUT2D eigenvalue weighted by Gasteiger charge is 2.14. The van der Waals surface area contributed by atoms with Crippen molar-refractivity contribution in [1.29, 1.82) is 0 Å². The van der Waals surface area contributed by atoms with E-state index in [4.69, 9.17) is 28.9 Å². The molecule has 27 heavy (non-hydrogen) atoms. The third-order valence-electron chi connectivity index (χ3n) is 3.72. The fourth-order valence-electron chi connectivity index (χ4n) is 2.38. The maximum atomic E-state index is 12.3. The van der Waals surface area contributed by atoms with Gasteiger partial charge in [-0.3, -0.25) is 9.36 Å². The Kier molecular flexibility index (Phi) is 6.60. The molecule has 3 rings (SSSR count). The van der Waals surface area contributed by atoms with Gasteiger partial charge in [-0.15, -0.1) is 10.2 Å². The second kappa shape index (κ2) is 9.12. The van der Waals surface area contributed by atoms with Gasteiger partial charge in [-0.05, 0) is 30.2 Å². The highest BCUT2D eigenvalue weighted by atomic mass is 35.5. The average molecular weight is 422 g/mol. The molecule has 0 atom stereocenters. The van der Waals surface area contributed by atoms with Crippen molar-refractivity contribution in [2.24, 2.45) is 0 Å². The molecule has 0 fully saturated rings. The number of nitrogens with zero attached hydrogens (tertiary/aromatic N) is 3. The number of nitrogens with two attached hydrogens (primary N) is 1. The second-order valence-electron chi connectivity index (χ2n) is 5.69. The molecule has 9 heteroatoms. The molecule has 3 aromatic rings. The Bertz CT molecular complexity index is 933. The number of halogens is 2. The standard InChI is InChI=1S/C18H17Cl2N5OS/c19-14-7-6-13(10-15(14)20)22-16(26)11-25-17(21)23-24-18(25)27-9-8-12-4-2-1-3-5-12/h1-7,10H,8-9,11H2,(H2,21,23)(H,22,26). The number of hydrogen-bond acceptors (Lipinski definition) is 5. The predicted octanol–water partition coefficient (Wildman–Crippen LogP) is 4.14. The third kappa shape index (κ3) is 5.38. The highest BCUT2D eigenvalue weighted by molar-refractivity contribution is 7.99. The summed E-state index contributed by atoms with van der Waals surface area (Å²) in [5, 5.41) is 12.1.